The SMILES string of the molecule is CCNC(=O)CS(=O)CC(=O)c1cccc(Br)c1. The number of nitrogens with one attached hydrogen (secondary N) is 1. The predicted molar refractivity (Wildman–Crippen MR) is 75.0 cm³/mol. The fourth-order valence-electron chi connectivity index (χ4n) is 1.34. The number of benzene rings is 1. The highest BCUT2D eigenvalue weighted by Gasteiger charge is 2.13. The molecule has 0 bridgehead atoms. The van der Waals surface area contributed by atoms with Crippen molar-refractivity contribution in [2.24, 2.45) is 0 Å². The second-order valence-electron chi connectivity index (χ2n) is 3.62. The molecular formula is C12H14BrNO3S. The molecule has 1 atom stereocenters. The van der Waals surface area contributed by atoms with Gasteiger partial charge in [-0.3, -0.25) is 13.8 Å². The molecule has 98 valence electrons. The summed E-state index contributed by atoms with van der Waals surface area (Å²) < 4.78 is 12.4. The maximum absolute atomic E-state index is 11.8. The minimum atomic E-state index is -1.47. The number of Topliss-reactive ketones (excluding diaryl/α,β-unsaturated/α-hetero) is 1. The molecule has 1 aromatic rings. The van der Waals surface area contributed by atoms with Gasteiger partial charge in [-0.15, -0.1) is 0 Å². The molecule has 0 fully saturated rings. The monoisotopic (exact) mass is 331 g/mol. The summed E-state index contributed by atoms with van der Waals surface area (Å²) >= 11 is 3.27. The fraction of sp³-hybridized carbons (Fsp3) is 0.333. The molecule has 0 heterocycles. The van der Waals surface area contributed by atoms with Gasteiger partial charge in [0.05, 0.1) is 5.75 Å². The van der Waals surface area contributed by atoms with E-state index in [9.17, 15) is 13.8 Å². The maximum Gasteiger partial charge on any atom is 0.232 e. The van der Waals surface area contributed by atoms with E-state index < -0.39 is 10.8 Å². The molecule has 0 aliphatic heterocycles. The number of hydrogen-bond acceptors (Lipinski definition) is 3. The standard InChI is InChI=1S/C12H14BrNO3S/c1-2-14-12(16)8-18(17)7-11(15)9-4-3-5-10(13)6-9/h3-6H,2,7-8H2,1H3,(H,14,16). The van der Waals surface area contributed by atoms with E-state index in [1.54, 1.807) is 25.1 Å². The molecule has 18 heavy (non-hydrogen) atoms. The molecule has 4 nitrogen and oxygen atoms in total. The molecule has 0 aliphatic rings. The van der Waals surface area contributed by atoms with Crippen LogP contribution in [0.15, 0.2) is 28.7 Å². The van der Waals surface area contributed by atoms with Crippen molar-refractivity contribution in [1.82, 2.24) is 5.32 Å². The molecule has 1 amide bonds. The first-order valence-electron chi connectivity index (χ1n) is 5.43. The summed E-state index contributed by atoms with van der Waals surface area (Å²) in [6.07, 6.45) is 0. The molecule has 0 spiro atoms. The van der Waals surface area contributed by atoms with Crippen LogP contribution in [0, 0.1) is 0 Å². The molecule has 0 saturated heterocycles. The van der Waals surface area contributed by atoms with Gasteiger partial charge in [-0.1, -0.05) is 28.1 Å². The Labute approximate surface area is 117 Å². The molecule has 0 aromatic heterocycles. The molecule has 1 rings (SSSR count). The number of halogens is 1. The average Bonchev–Trinajstić information content (AvgIpc) is 2.28. The zero-order chi connectivity index (χ0) is 13.5. The lowest BCUT2D eigenvalue weighted by Crippen LogP contribution is -2.29. The van der Waals surface area contributed by atoms with Crippen LogP contribution in [-0.2, 0) is 15.6 Å². The van der Waals surface area contributed by atoms with Crippen molar-refractivity contribution in [2.45, 2.75) is 6.92 Å². The highest BCUT2D eigenvalue weighted by molar-refractivity contribution is 9.10. The maximum atomic E-state index is 11.8. The molecule has 1 N–H and O–H groups in total. The Hall–Kier alpha value is -1.01. The lowest BCUT2D eigenvalue weighted by molar-refractivity contribution is -0.118. The quantitative estimate of drug-likeness (QED) is 0.804. The number of rotatable bonds is 6. The van der Waals surface area contributed by atoms with Gasteiger partial charge in [-0.05, 0) is 19.1 Å². The Morgan fingerprint density at radius 3 is 2.67 bits per heavy atom. The summed E-state index contributed by atoms with van der Waals surface area (Å²) in [5.41, 5.74) is 0.494. The number of carbonyl (C=O) groups is 2. The van der Waals surface area contributed by atoms with Gasteiger partial charge in [0.25, 0.3) is 0 Å². The van der Waals surface area contributed by atoms with Crippen LogP contribution in [0.25, 0.3) is 0 Å². The van der Waals surface area contributed by atoms with Gasteiger partial charge < -0.3 is 5.32 Å². The second-order valence-corrected chi connectivity index (χ2v) is 5.99. The van der Waals surface area contributed by atoms with E-state index >= 15 is 0 Å². The number of carbonyl (C=O) groups excluding carboxylic acids is 2. The van der Waals surface area contributed by atoms with Gasteiger partial charge in [0.15, 0.2) is 5.78 Å². The first-order valence-corrected chi connectivity index (χ1v) is 7.71. The van der Waals surface area contributed by atoms with Crippen molar-refractivity contribution in [3.8, 4) is 0 Å². The zero-order valence-electron chi connectivity index (χ0n) is 9.94. The van der Waals surface area contributed by atoms with Crippen molar-refractivity contribution < 1.29 is 13.8 Å². The highest BCUT2D eigenvalue weighted by atomic mass is 79.9. The fourth-order valence-corrected chi connectivity index (χ4v) is 2.69. The second kappa shape index (κ2) is 7.43. The van der Waals surface area contributed by atoms with Gasteiger partial charge >= 0.3 is 0 Å². The summed E-state index contributed by atoms with van der Waals surface area (Å²) in [7, 11) is -1.47. The summed E-state index contributed by atoms with van der Waals surface area (Å²) in [6.45, 7) is 2.28. The van der Waals surface area contributed by atoms with Crippen LogP contribution >= 0.6 is 15.9 Å². The zero-order valence-corrected chi connectivity index (χ0v) is 12.3. The molecule has 1 aromatic carbocycles. The van der Waals surface area contributed by atoms with Crippen LogP contribution in [0.2, 0.25) is 0 Å². The van der Waals surface area contributed by atoms with Crippen LogP contribution < -0.4 is 5.32 Å². The molecule has 0 radical (unpaired) electrons. The molecule has 0 saturated carbocycles. The summed E-state index contributed by atoms with van der Waals surface area (Å²) in [6, 6.07) is 6.88. The number of ketones is 1. The van der Waals surface area contributed by atoms with E-state index in [0.717, 1.165) is 4.47 Å². The van der Waals surface area contributed by atoms with Crippen LogP contribution in [0.5, 0.6) is 0 Å². The first kappa shape index (κ1) is 15.0. The van der Waals surface area contributed by atoms with Crippen LogP contribution in [-0.4, -0.2) is 33.9 Å². The summed E-state index contributed by atoms with van der Waals surface area (Å²) in [5.74, 6) is -0.780. The number of amides is 1. The van der Waals surface area contributed by atoms with E-state index in [2.05, 4.69) is 21.2 Å². The van der Waals surface area contributed by atoms with Crippen molar-refractivity contribution in [2.75, 3.05) is 18.1 Å². The van der Waals surface area contributed by atoms with Crippen molar-refractivity contribution >= 4 is 38.4 Å². The highest BCUT2D eigenvalue weighted by Crippen LogP contribution is 2.12. The first-order chi connectivity index (χ1) is 8.52. The molecular weight excluding hydrogens is 318 g/mol. The van der Waals surface area contributed by atoms with Crippen molar-refractivity contribution in [3.63, 3.8) is 0 Å². The van der Waals surface area contributed by atoms with Gasteiger partial charge in [0.2, 0.25) is 5.91 Å². The Bertz CT molecular complexity index is 476. The lowest BCUT2D eigenvalue weighted by atomic mass is 10.2. The largest absolute Gasteiger partial charge is 0.356 e. The van der Waals surface area contributed by atoms with E-state index in [4.69, 9.17) is 0 Å². The Morgan fingerprint density at radius 2 is 2.06 bits per heavy atom. The Kier molecular flexibility index (Phi) is 6.21. The van der Waals surface area contributed by atoms with Crippen LogP contribution in [0.1, 0.15) is 17.3 Å². The smallest absolute Gasteiger partial charge is 0.232 e. The average molecular weight is 332 g/mol. The predicted octanol–water partition coefficient (Wildman–Crippen LogP) is 1.52. The normalized spacial score (nSPS) is 11.9. The van der Waals surface area contributed by atoms with Gasteiger partial charge in [-0.25, -0.2) is 0 Å². The van der Waals surface area contributed by atoms with Gasteiger partial charge in [0, 0.05) is 27.4 Å². The summed E-state index contributed by atoms with van der Waals surface area (Å²) in [5, 5.41) is 2.55. The number of hydrogen-bond donors (Lipinski definition) is 1. The van der Waals surface area contributed by atoms with Crippen LogP contribution in [0.4, 0.5) is 0 Å². The Balaban J connectivity index is 2.55. The lowest BCUT2D eigenvalue weighted by Gasteiger charge is -2.03. The van der Waals surface area contributed by atoms with Gasteiger partial charge in [-0.2, -0.15) is 0 Å². The minimum Gasteiger partial charge on any atom is -0.356 e. The Morgan fingerprint density at radius 1 is 1.33 bits per heavy atom. The van der Waals surface area contributed by atoms with E-state index in [0.29, 0.717) is 12.1 Å². The minimum absolute atomic E-state index is 0.131. The molecule has 1 unspecified atom stereocenters. The third-order valence-electron chi connectivity index (χ3n) is 2.10. The summed E-state index contributed by atoms with van der Waals surface area (Å²) in [4.78, 5) is 23.0. The van der Waals surface area contributed by atoms with Crippen molar-refractivity contribution in [1.29, 1.82) is 0 Å². The van der Waals surface area contributed by atoms with Crippen LogP contribution in [0.3, 0.4) is 0 Å². The molecule has 0 aliphatic carbocycles. The van der Waals surface area contributed by atoms with E-state index in [1.807, 2.05) is 6.07 Å². The third kappa shape index (κ3) is 5.10. The topological polar surface area (TPSA) is 63.2 Å². The van der Waals surface area contributed by atoms with E-state index in [-0.39, 0.29) is 23.2 Å². The van der Waals surface area contributed by atoms with E-state index in [1.165, 1.54) is 0 Å². The third-order valence-corrected chi connectivity index (χ3v) is 3.77. The van der Waals surface area contributed by atoms with Gasteiger partial charge in [0.1, 0.15) is 5.75 Å². The molecule has 6 heteroatoms. The van der Waals surface area contributed by atoms with Crippen molar-refractivity contribution in [3.05, 3.63) is 34.3 Å².